The van der Waals surface area contributed by atoms with Crippen molar-refractivity contribution >= 4 is 22.8 Å². The molecule has 3 heteroatoms. The fourth-order valence-electron chi connectivity index (χ4n) is 2.30. The molecule has 0 amide bonds. The summed E-state index contributed by atoms with van der Waals surface area (Å²) in [7, 11) is 0. The van der Waals surface area contributed by atoms with Gasteiger partial charge in [0, 0.05) is 22.7 Å². The Labute approximate surface area is 123 Å². The first-order valence-electron chi connectivity index (χ1n) is 6.74. The van der Waals surface area contributed by atoms with Gasteiger partial charge in [0.25, 0.3) is 0 Å². The predicted octanol–water partition coefficient (Wildman–Crippen LogP) is 3.72. The van der Waals surface area contributed by atoms with Crippen LogP contribution in [-0.4, -0.2) is 10.8 Å². The number of anilines is 1. The lowest BCUT2D eigenvalue weighted by atomic mass is 10.2. The standard InChI is InChI=1S/C18H15N3/c1-2-12-21-14-15(17-10-6-7-11-18(17)21)13-19-20-16-8-4-3-5-9-16/h1,3-11,13-14,20H,12H2/b19-13-. The fraction of sp³-hybridized carbons (Fsp3) is 0.0556. The largest absolute Gasteiger partial charge is 0.335 e. The Bertz CT molecular complexity index is 807. The molecule has 0 saturated heterocycles. The van der Waals surface area contributed by atoms with Crippen molar-refractivity contribution in [3.63, 3.8) is 0 Å². The van der Waals surface area contributed by atoms with Gasteiger partial charge in [0.1, 0.15) is 0 Å². The van der Waals surface area contributed by atoms with Crippen molar-refractivity contribution < 1.29 is 0 Å². The SMILES string of the molecule is C#CCn1cc(/C=N\Nc2ccccc2)c2ccccc21. The molecular formula is C18H15N3. The third-order valence-corrected chi connectivity index (χ3v) is 3.25. The molecule has 21 heavy (non-hydrogen) atoms. The topological polar surface area (TPSA) is 29.3 Å². The van der Waals surface area contributed by atoms with Crippen LogP contribution in [0.5, 0.6) is 0 Å². The average molecular weight is 273 g/mol. The van der Waals surface area contributed by atoms with Gasteiger partial charge in [0.2, 0.25) is 0 Å². The number of nitrogens with zero attached hydrogens (tertiary/aromatic N) is 2. The number of hydrogen-bond acceptors (Lipinski definition) is 2. The zero-order valence-corrected chi connectivity index (χ0v) is 11.5. The number of aromatic nitrogens is 1. The highest BCUT2D eigenvalue weighted by molar-refractivity contribution is 5.99. The minimum atomic E-state index is 0.556. The molecule has 0 spiro atoms. The van der Waals surface area contributed by atoms with Crippen LogP contribution in [0.1, 0.15) is 5.56 Å². The number of rotatable bonds is 4. The molecule has 0 fully saturated rings. The number of nitrogens with one attached hydrogen (secondary N) is 1. The van der Waals surface area contributed by atoms with Crippen LogP contribution in [0.15, 0.2) is 65.9 Å². The van der Waals surface area contributed by atoms with Crippen LogP contribution in [0.3, 0.4) is 0 Å². The molecule has 0 bridgehead atoms. The van der Waals surface area contributed by atoms with Crippen LogP contribution < -0.4 is 5.43 Å². The molecule has 1 heterocycles. The Hall–Kier alpha value is -2.99. The van der Waals surface area contributed by atoms with E-state index in [0.29, 0.717) is 6.54 Å². The molecule has 0 saturated carbocycles. The van der Waals surface area contributed by atoms with Crippen molar-refractivity contribution in [1.29, 1.82) is 0 Å². The van der Waals surface area contributed by atoms with E-state index in [9.17, 15) is 0 Å². The molecule has 0 aliphatic carbocycles. The molecular weight excluding hydrogens is 258 g/mol. The van der Waals surface area contributed by atoms with Gasteiger partial charge in [-0.2, -0.15) is 5.10 Å². The Morgan fingerprint density at radius 3 is 2.67 bits per heavy atom. The van der Waals surface area contributed by atoms with Crippen molar-refractivity contribution in [1.82, 2.24) is 4.57 Å². The fourth-order valence-corrected chi connectivity index (χ4v) is 2.30. The van der Waals surface area contributed by atoms with Crippen LogP contribution in [0.2, 0.25) is 0 Å². The van der Waals surface area contributed by atoms with Crippen LogP contribution in [-0.2, 0) is 6.54 Å². The van der Waals surface area contributed by atoms with Crippen molar-refractivity contribution in [2.45, 2.75) is 6.54 Å². The molecule has 1 aromatic heterocycles. The smallest absolute Gasteiger partial charge is 0.0835 e. The highest BCUT2D eigenvalue weighted by Crippen LogP contribution is 2.19. The quantitative estimate of drug-likeness (QED) is 0.438. The van der Waals surface area contributed by atoms with Gasteiger partial charge in [-0.1, -0.05) is 42.3 Å². The summed E-state index contributed by atoms with van der Waals surface area (Å²) in [6.07, 6.45) is 9.27. The summed E-state index contributed by atoms with van der Waals surface area (Å²) in [5.41, 5.74) is 6.15. The van der Waals surface area contributed by atoms with Crippen molar-refractivity contribution in [3.8, 4) is 12.3 Å². The van der Waals surface area contributed by atoms with Crippen molar-refractivity contribution in [3.05, 3.63) is 66.4 Å². The molecule has 1 N–H and O–H groups in total. The maximum atomic E-state index is 5.42. The normalized spacial score (nSPS) is 10.8. The monoisotopic (exact) mass is 273 g/mol. The van der Waals surface area contributed by atoms with Gasteiger partial charge in [-0.15, -0.1) is 6.42 Å². The third-order valence-electron chi connectivity index (χ3n) is 3.25. The molecule has 3 nitrogen and oxygen atoms in total. The lowest BCUT2D eigenvalue weighted by Gasteiger charge is -1.97. The number of para-hydroxylation sites is 2. The second-order valence-electron chi connectivity index (χ2n) is 4.67. The first kappa shape index (κ1) is 13.0. The van der Waals surface area contributed by atoms with Crippen LogP contribution in [0.25, 0.3) is 10.9 Å². The van der Waals surface area contributed by atoms with Crippen molar-refractivity contribution in [2.24, 2.45) is 5.10 Å². The summed E-state index contributed by atoms with van der Waals surface area (Å²) >= 11 is 0. The Balaban J connectivity index is 1.89. The number of hydrazone groups is 1. The minimum Gasteiger partial charge on any atom is -0.335 e. The van der Waals surface area contributed by atoms with E-state index < -0.39 is 0 Å². The Morgan fingerprint density at radius 2 is 1.86 bits per heavy atom. The van der Waals surface area contributed by atoms with E-state index in [1.807, 2.05) is 54.9 Å². The molecule has 3 aromatic rings. The number of hydrogen-bond donors (Lipinski definition) is 1. The van der Waals surface area contributed by atoms with Crippen LogP contribution in [0.4, 0.5) is 5.69 Å². The zero-order valence-electron chi connectivity index (χ0n) is 11.5. The minimum absolute atomic E-state index is 0.556. The summed E-state index contributed by atoms with van der Waals surface area (Å²) in [6.45, 7) is 0.556. The van der Waals surface area contributed by atoms with Crippen LogP contribution in [0, 0.1) is 12.3 Å². The van der Waals surface area contributed by atoms with E-state index in [2.05, 4.69) is 33.1 Å². The highest BCUT2D eigenvalue weighted by Gasteiger charge is 2.05. The lowest BCUT2D eigenvalue weighted by molar-refractivity contribution is 0.886. The summed E-state index contributed by atoms with van der Waals surface area (Å²) < 4.78 is 2.05. The first-order chi connectivity index (χ1) is 10.4. The number of fused-ring (bicyclic) bond motifs is 1. The van der Waals surface area contributed by atoms with E-state index >= 15 is 0 Å². The second kappa shape index (κ2) is 5.98. The number of terminal acetylenes is 1. The number of benzene rings is 2. The summed E-state index contributed by atoms with van der Waals surface area (Å²) in [6, 6.07) is 18.0. The Kier molecular flexibility index (Phi) is 3.70. The molecule has 0 unspecified atom stereocenters. The summed E-state index contributed by atoms with van der Waals surface area (Å²) in [5.74, 6) is 2.67. The second-order valence-corrected chi connectivity index (χ2v) is 4.67. The third kappa shape index (κ3) is 2.80. The molecule has 0 aliphatic rings. The van der Waals surface area contributed by atoms with Crippen LogP contribution >= 0.6 is 0 Å². The Morgan fingerprint density at radius 1 is 1.10 bits per heavy atom. The average Bonchev–Trinajstić information content (AvgIpc) is 2.87. The summed E-state index contributed by atoms with van der Waals surface area (Å²) in [5, 5.41) is 5.44. The van der Waals surface area contributed by atoms with E-state index in [0.717, 1.165) is 22.2 Å². The van der Waals surface area contributed by atoms with E-state index in [1.165, 1.54) is 0 Å². The van der Waals surface area contributed by atoms with Gasteiger partial charge in [0.15, 0.2) is 0 Å². The molecule has 0 atom stereocenters. The zero-order chi connectivity index (χ0) is 14.5. The first-order valence-corrected chi connectivity index (χ1v) is 6.74. The maximum absolute atomic E-state index is 5.42. The van der Waals surface area contributed by atoms with Gasteiger partial charge in [-0.05, 0) is 18.2 Å². The van der Waals surface area contributed by atoms with E-state index in [1.54, 1.807) is 0 Å². The van der Waals surface area contributed by atoms with E-state index in [-0.39, 0.29) is 0 Å². The maximum Gasteiger partial charge on any atom is 0.0835 e. The van der Waals surface area contributed by atoms with Gasteiger partial charge in [-0.25, -0.2) is 0 Å². The molecule has 0 radical (unpaired) electrons. The van der Waals surface area contributed by atoms with Gasteiger partial charge < -0.3 is 4.57 Å². The van der Waals surface area contributed by atoms with Gasteiger partial charge in [0.05, 0.1) is 18.4 Å². The molecule has 3 rings (SSSR count). The van der Waals surface area contributed by atoms with E-state index in [4.69, 9.17) is 6.42 Å². The molecule has 102 valence electrons. The highest BCUT2D eigenvalue weighted by atomic mass is 15.3. The lowest BCUT2D eigenvalue weighted by Crippen LogP contribution is -1.92. The molecule has 0 aliphatic heterocycles. The molecule has 2 aromatic carbocycles. The van der Waals surface area contributed by atoms with Gasteiger partial charge >= 0.3 is 0 Å². The predicted molar refractivity (Wildman–Crippen MR) is 88.4 cm³/mol. The van der Waals surface area contributed by atoms with Gasteiger partial charge in [-0.3, -0.25) is 5.43 Å². The van der Waals surface area contributed by atoms with Crippen molar-refractivity contribution in [2.75, 3.05) is 5.43 Å². The summed E-state index contributed by atoms with van der Waals surface area (Å²) in [4.78, 5) is 0.